The van der Waals surface area contributed by atoms with E-state index in [1.807, 2.05) is 12.1 Å². The highest BCUT2D eigenvalue weighted by molar-refractivity contribution is 5.91. The number of pyridine rings is 1. The van der Waals surface area contributed by atoms with Crippen LogP contribution in [0.5, 0.6) is 11.5 Å². The number of nitrogens with one attached hydrogen (secondary N) is 1. The van der Waals surface area contributed by atoms with Gasteiger partial charge in [0.1, 0.15) is 0 Å². The summed E-state index contributed by atoms with van der Waals surface area (Å²) in [6.45, 7) is 0.340. The van der Waals surface area contributed by atoms with E-state index in [-0.39, 0.29) is 17.9 Å². The van der Waals surface area contributed by atoms with Crippen LogP contribution < -0.4 is 20.3 Å². The van der Waals surface area contributed by atoms with Crippen LogP contribution >= 0.6 is 0 Å². The first-order valence-electron chi connectivity index (χ1n) is 9.11. The largest absolute Gasteiger partial charge is 0.493 e. The van der Waals surface area contributed by atoms with Crippen LogP contribution in [0.4, 0.5) is 5.69 Å². The molecule has 0 saturated carbocycles. The summed E-state index contributed by atoms with van der Waals surface area (Å²) in [6.07, 6.45) is 4.09. The number of nitrogens with zero attached hydrogens (tertiary/aromatic N) is 3. The van der Waals surface area contributed by atoms with Crippen LogP contribution in [-0.4, -0.2) is 34.9 Å². The van der Waals surface area contributed by atoms with Crippen molar-refractivity contribution in [1.29, 1.82) is 0 Å². The van der Waals surface area contributed by atoms with Gasteiger partial charge in [0.2, 0.25) is 5.91 Å². The highest BCUT2D eigenvalue weighted by Gasteiger charge is 2.09. The zero-order valence-corrected chi connectivity index (χ0v) is 16.3. The zero-order chi connectivity index (χ0) is 20.6. The van der Waals surface area contributed by atoms with Crippen LogP contribution in [0, 0.1) is 0 Å². The molecule has 29 heavy (non-hydrogen) atoms. The number of anilines is 1. The molecule has 1 aromatic carbocycles. The number of carbonyl (C=O) groups excluding carboxylic acids is 1. The average molecular weight is 394 g/mol. The summed E-state index contributed by atoms with van der Waals surface area (Å²) in [4.78, 5) is 28.4. The van der Waals surface area contributed by atoms with Gasteiger partial charge in [-0.25, -0.2) is 4.68 Å². The lowest BCUT2D eigenvalue weighted by atomic mass is 10.2. The molecule has 8 heteroatoms. The summed E-state index contributed by atoms with van der Waals surface area (Å²) in [5, 5.41) is 7.18. The van der Waals surface area contributed by atoms with Crippen LogP contribution in [-0.2, 0) is 11.3 Å². The molecule has 1 N–H and O–H groups in total. The van der Waals surface area contributed by atoms with E-state index >= 15 is 0 Å². The lowest BCUT2D eigenvalue weighted by Gasteiger charge is -2.11. The number of rotatable bonds is 8. The van der Waals surface area contributed by atoms with Gasteiger partial charge in [0, 0.05) is 48.7 Å². The standard InChI is InChI=1S/C21H22N4O4/c1-28-18-9-7-16(13-19(18)29-2)23-20(26)6-4-12-25-21(27)10-8-17(24-25)15-5-3-11-22-14-15/h3,5,7-11,13-14H,4,6,12H2,1-2H3,(H,23,26). The number of aromatic nitrogens is 3. The minimum absolute atomic E-state index is 0.159. The Morgan fingerprint density at radius 3 is 2.66 bits per heavy atom. The fourth-order valence-electron chi connectivity index (χ4n) is 2.80. The molecule has 0 bridgehead atoms. The third kappa shape index (κ3) is 5.19. The van der Waals surface area contributed by atoms with Gasteiger partial charge in [-0.1, -0.05) is 0 Å². The number of aryl methyl sites for hydroxylation is 1. The third-order valence-electron chi connectivity index (χ3n) is 4.26. The highest BCUT2D eigenvalue weighted by Crippen LogP contribution is 2.29. The minimum atomic E-state index is -0.210. The Hall–Kier alpha value is -3.68. The second kappa shape index (κ2) is 9.50. The number of methoxy groups -OCH3 is 2. The molecule has 3 rings (SSSR count). The van der Waals surface area contributed by atoms with E-state index < -0.39 is 0 Å². The molecule has 2 aromatic heterocycles. The number of carbonyl (C=O) groups is 1. The van der Waals surface area contributed by atoms with E-state index in [1.54, 1.807) is 43.8 Å². The second-order valence-corrected chi connectivity index (χ2v) is 6.24. The Kier molecular flexibility index (Phi) is 6.57. The molecule has 2 heterocycles. The molecule has 0 atom stereocenters. The maximum atomic E-state index is 12.2. The quantitative estimate of drug-likeness (QED) is 0.631. The second-order valence-electron chi connectivity index (χ2n) is 6.24. The Balaban J connectivity index is 1.59. The zero-order valence-electron chi connectivity index (χ0n) is 16.3. The van der Waals surface area contributed by atoms with Crippen molar-refractivity contribution in [2.45, 2.75) is 19.4 Å². The summed E-state index contributed by atoms with van der Waals surface area (Å²) >= 11 is 0. The summed E-state index contributed by atoms with van der Waals surface area (Å²) < 4.78 is 11.8. The Labute approximate surface area is 168 Å². The molecular formula is C21H22N4O4. The molecule has 0 spiro atoms. The molecule has 1 amide bonds. The predicted molar refractivity (Wildman–Crippen MR) is 109 cm³/mol. The molecule has 0 saturated heterocycles. The third-order valence-corrected chi connectivity index (χ3v) is 4.26. The van der Waals surface area contributed by atoms with E-state index in [0.29, 0.717) is 35.8 Å². The molecule has 8 nitrogen and oxygen atoms in total. The molecule has 0 unspecified atom stereocenters. The fourth-order valence-corrected chi connectivity index (χ4v) is 2.80. The van der Waals surface area contributed by atoms with Gasteiger partial charge in [-0.3, -0.25) is 14.6 Å². The Morgan fingerprint density at radius 2 is 1.93 bits per heavy atom. The van der Waals surface area contributed by atoms with Crippen molar-refractivity contribution < 1.29 is 14.3 Å². The maximum absolute atomic E-state index is 12.2. The van der Waals surface area contributed by atoms with Crippen molar-refractivity contribution in [3.05, 3.63) is 65.2 Å². The van der Waals surface area contributed by atoms with E-state index in [9.17, 15) is 9.59 Å². The summed E-state index contributed by atoms with van der Waals surface area (Å²) in [6, 6.07) is 12.0. The van der Waals surface area contributed by atoms with Gasteiger partial charge in [0.15, 0.2) is 11.5 Å². The Bertz CT molecular complexity index is 1030. The fraction of sp³-hybridized carbons (Fsp3) is 0.238. The first kappa shape index (κ1) is 20.1. The maximum Gasteiger partial charge on any atom is 0.266 e. The van der Waals surface area contributed by atoms with Gasteiger partial charge >= 0.3 is 0 Å². The number of ether oxygens (including phenoxy) is 2. The molecule has 0 aliphatic heterocycles. The summed E-state index contributed by atoms with van der Waals surface area (Å²) in [7, 11) is 3.09. The summed E-state index contributed by atoms with van der Waals surface area (Å²) in [5.41, 5.74) is 1.89. The predicted octanol–water partition coefficient (Wildman–Crippen LogP) is 2.74. The van der Waals surface area contributed by atoms with Crippen molar-refractivity contribution in [2.75, 3.05) is 19.5 Å². The van der Waals surface area contributed by atoms with Gasteiger partial charge in [0.25, 0.3) is 5.56 Å². The van der Waals surface area contributed by atoms with Gasteiger partial charge in [-0.05, 0) is 36.8 Å². The van der Waals surface area contributed by atoms with Gasteiger partial charge in [0.05, 0.1) is 19.9 Å². The van der Waals surface area contributed by atoms with Crippen LogP contribution in [0.25, 0.3) is 11.3 Å². The van der Waals surface area contributed by atoms with Crippen LogP contribution in [0.3, 0.4) is 0 Å². The van der Waals surface area contributed by atoms with Gasteiger partial charge < -0.3 is 14.8 Å². The van der Waals surface area contributed by atoms with Crippen molar-refractivity contribution >= 4 is 11.6 Å². The minimum Gasteiger partial charge on any atom is -0.493 e. The number of amides is 1. The SMILES string of the molecule is COc1ccc(NC(=O)CCCn2nc(-c3cccnc3)ccc2=O)cc1OC. The lowest BCUT2D eigenvalue weighted by Crippen LogP contribution is -2.23. The lowest BCUT2D eigenvalue weighted by molar-refractivity contribution is -0.116. The van der Waals surface area contributed by atoms with E-state index in [1.165, 1.54) is 17.9 Å². The van der Waals surface area contributed by atoms with Crippen molar-refractivity contribution in [2.24, 2.45) is 0 Å². The van der Waals surface area contributed by atoms with E-state index in [0.717, 1.165) is 5.56 Å². The Morgan fingerprint density at radius 1 is 1.10 bits per heavy atom. The van der Waals surface area contributed by atoms with Gasteiger partial charge in [-0.2, -0.15) is 5.10 Å². The topological polar surface area (TPSA) is 95.3 Å². The summed E-state index contributed by atoms with van der Waals surface area (Å²) in [5.74, 6) is 0.964. The highest BCUT2D eigenvalue weighted by atomic mass is 16.5. The average Bonchev–Trinajstić information content (AvgIpc) is 2.75. The number of benzene rings is 1. The van der Waals surface area contributed by atoms with Crippen LogP contribution in [0.15, 0.2) is 59.7 Å². The van der Waals surface area contributed by atoms with E-state index in [4.69, 9.17) is 9.47 Å². The van der Waals surface area contributed by atoms with Gasteiger partial charge in [-0.15, -0.1) is 0 Å². The van der Waals surface area contributed by atoms with Crippen LogP contribution in [0.1, 0.15) is 12.8 Å². The molecular weight excluding hydrogens is 372 g/mol. The first-order chi connectivity index (χ1) is 14.1. The molecule has 0 radical (unpaired) electrons. The molecule has 150 valence electrons. The van der Waals surface area contributed by atoms with Crippen molar-refractivity contribution in [3.8, 4) is 22.8 Å². The van der Waals surface area contributed by atoms with Crippen molar-refractivity contribution in [1.82, 2.24) is 14.8 Å². The number of hydrogen-bond acceptors (Lipinski definition) is 6. The molecule has 0 aliphatic rings. The van der Waals surface area contributed by atoms with E-state index in [2.05, 4.69) is 15.4 Å². The van der Waals surface area contributed by atoms with Crippen molar-refractivity contribution in [3.63, 3.8) is 0 Å². The normalized spacial score (nSPS) is 10.4. The monoisotopic (exact) mass is 394 g/mol. The molecule has 0 aliphatic carbocycles. The first-order valence-corrected chi connectivity index (χ1v) is 9.11. The number of hydrogen-bond donors (Lipinski definition) is 1. The smallest absolute Gasteiger partial charge is 0.266 e. The van der Waals surface area contributed by atoms with Crippen LogP contribution in [0.2, 0.25) is 0 Å². The molecule has 0 fully saturated rings. The molecule has 3 aromatic rings.